The minimum Gasteiger partial charge on any atom is -0.508 e. The van der Waals surface area contributed by atoms with Gasteiger partial charge >= 0.3 is 5.97 Å². The van der Waals surface area contributed by atoms with Crippen molar-refractivity contribution in [2.24, 2.45) is 5.41 Å². The summed E-state index contributed by atoms with van der Waals surface area (Å²) in [6.45, 7) is 0.662. The molecule has 28 heavy (non-hydrogen) atoms. The molecule has 8 nitrogen and oxygen atoms in total. The number of ether oxygens (including phenoxy) is 2. The van der Waals surface area contributed by atoms with Crippen molar-refractivity contribution < 1.29 is 34.4 Å². The van der Waals surface area contributed by atoms with Gasteiger partial charge in [0.05, 0.1) is 25.2 Å². The first-order valence-corrected chi connectivity index (χ1v) is 10.1. The summed E-state index contributed by atoms with van der Waals surface area (Å²) in [5.41, 5.74) is -0.545. The zero-order chi connectivity index (χ0) is 20.7. The summed E-state index contributed by atoms with van der Waals surface area (Å²) in [5, 5.41) is 28.8. The highest BCUT2D eigenvalue weighted by Gasteiger charge is 2.44. The fourth-order valence-corrected chi connectivity index (χ4v) is 4.48. The third-order valence-electron chi connectivity index (χ3n) is 4.71. The molecule has 0 aliphatic carbocycles. The Bertz CT molecular complexity index is 680. The fourth-order valence-electron chi connectivity index (χ4n) is 3.01. The molecule has 0 saturated carbocycles. The quantitative estimate of drug-likeness (QED) is 0.512. The van der Waals surface area contributed by atoms with Crippen molar-refractivity contribution in [1.29, 1.82) is 0 Å². The fraction of sp³-hybridized carbons (Fsp3) is 0.579. The molecule has 0 bridgehead atoms. The number of hydrogen-bond acceptors (Lipinski definition) is 8. The average Bonchev–Trinajstić information content (AvgIpc) is 3.15. The van der Waals surface area contributed by atoms with Crippen LogP contribution in [-0.2, 0) is 19.1 Å². The van der Waals surface area contributed by atoms with Gasteiger partial charge in [-0.05, 0) is 6.07 Å². The summed E-state index contributed by atoms with van der Waals surface area (Å²) in [4.78, 5) is 26.7. The van der Waals surface area contributed by atoms with Gasteiger partial charge < -0.3 is 29.7 Å². The summed E-state index contributed by atoms with van der Waals surface area (Å²) in [6.07, 6.45) is 0.204. The highest BCUT2D eigenvalue weighted by molar-refractivity contribution is 7.99. The number of esters is 1. The van der Waals surface area contributed by atoms with Crippen molar-refractivity contribution in [3.63, 3.8) is 0 Å². The van der Waals surface area contributed by atoms with Crippen LogP contribution in [0.3, 0.4) is 0 Å². The number of aliphatic hydroxyl groups excluding tert-OH is 2. The SMILES string of the molecule is CCC(=O)N1[C@@H](c2ccccc2O)SC[C@H]1C(=O)OCC(CO)(CO)COC. The Morgan fingerprint density at radius 2 is 1.93 bits per heavy atom. The van der Waals surface area contributed by atoms with Crippen LogP contribution in [0.25, 0.3) is 0 Å². The van der Waals surface area contributed by atoms with Crippen molar-refractivity contribution in [2.45, 2.75) is 24.8 Å². The van der Waals surface area contributed by atoms with E-state index in [9.17, 15) is 24.9 Å². The van der Waals surface area contributed by atoms with E-state index in [1.165, 1.54) is 29.8 Å². The van der Waals surface area contributed by atoms with Gasteiger partial charge in [0, 0.05) is 24.8 Å². The number of nitrogens with zero attached hydrogens (tertiary/aromatic N) is 1. The maximum atomic E-state index is 12.7. The third-order valence-corrected chi connectivity index (χ3v) is 6.01. The molecular formula is C19H27NO7S. The first-order valence-electron chi connectivity index (χ1n) is 9.01. The molecule has 9 heteroatoms. The number of phenolic OH excluding ortho intramolecular Hbond substituents is 1. The molecular weight excluding hydrogens is 386 g/mol. The lowest BCUT2D eigenvalue weighted by molar-refractivity contribution is -0.160. The molecule has 3 N–H and O–H groups in total. The molecule has 2 rings (SSSR count). The van der Waals surface area contributed by atoms with E-state index in [0.717, 1.165) is 0 Å². The van der Waals surface area contributed by atoms with E-state index in [-0.39, 0.29) is 31.3 Å². The molecule has 1 aromatic carbocycles. The van der Waals surface area contributed by atoms with Crippen LogP contribution in [0.1, 0.15) is 24.3 Å². The average molecular weight is 413 g/mol. The van der Waals surface area contributed by atoms with E-state index in [1.807, 2.05) is 0 Å². The Labute approximate surface area is 168 Å². The molecule has 0 spiro atoms. The Hall–Kier alpha value is -1.81. The molecule has 0 unspecified atom stereocenters. The number of hydrogen-bond donors (Lipinski definition) is 3. The molecule has 0 radical (unpaired) electrons. The lowest BCUT2D eigenvalue weighted by atomic mass is 9.92. The predicted octanol–water partition coefficient (Wildman–Crippen LogP) is 0.905. The molecule has 1 heterocycles. The van der Waals surface area contributed by atoms with Crippen molar-refractivity contribution in [2.75, 3.05) is 39.3 Å². The Morgan fingerprint density at radius 3 is 2.50 bits per heavy atom. The van der Waals surface area contributed by atoms with Gasteiger partial charge in [-0.25, -0.2) is 4.79 Å². The number of aromatic hydroxyl groups is 1. The number of thioether (sulfide) groups is 1. The van der Waals surface area contributed by atoms with Gasteiger partial charge in [-0.1, -0.05) is 25.1 Å². The monoisotopic (exact) mass is 413 g/mol. The third kappa shape index (κ3) is 4.78. The molecule has 1 aliphatic heterocycles. The van der Waals surface area contributed by atoms with Gasteiger partial charge in [0.2, 0.25) is 5.91 Å². The predicted molar refractivity (Wildman–Crippen MR) is 104 cm³/mol. The summed E-state index contributed by atoms with van der Waals surface area (Å²) in [5.74, 6) is -0.469. The second kappa shape index (κ2) is 10.1. The molecule has 1 fully saturated rings. The van der Waals surface area contributed by atoms with Gasteiger partial charge in [-0.2, -0.15) is 0 Å². The van der Waals surface area contributed by atoms with E-state index >= 15 is 0 Å². The van der Waals surface area contributed by atoms with Crippen LogP contribution in [0.4, 0.5) is 0 Å². The molecule has 1 aliphatic rings. The molecule has 1 amide bonds. The van der Waals surface area contributed by atoms with E-state index in [2.05, 4.69) is 0 Å². The van der Waals surface area contributed by atoms with Gasteiger partial charge in [-0.3, -0.25) is 4.79 Å². The van der Waals surface area contributed by atoms with Crippen molar-refractivity contribution >= 4 is 23.6 Å². The first-order chi connectivity index (χ1) is 13.4. The normalized spacial score (nSPS) is 19.6. The molecule has 1 saturated heterocycles. The van der Waals surface area contributed by atoms with E-state index in [4.69, 9.17) is 9.47 Å². The van der Waals surface area contributed by atoms with E-state index < -0.39 is 36.0 Å². The summed E-state index contributed by atoms with van der Waals surface area (Å²) >= 11 is 1.37. The standard InChI is InChI=1S/C19H27NO7S/c1-3-16(24)20-14(8-28-17(20)13-6-4-5-7-15(13)23)18(25)27-12-19(9-21,10-22)11-26-2/h4-7,14,17,21-23H,3,8-12H2,1-2H3/t14-,17+/m0/s1. The number of benzene rings is 1. The summed E-state index contributed by atoms with van der Waals surface area (Å²) in [7, 11) is 1.42. The van der Waals surface area contributed by atoms with Crippen LogP contribution >= 0.6 is 11.8 Å². The van der Waals surface area contributed by atoms with Gasteiger partial charge in [0.15, 0.2) is 0 Å². The van der Waals surface area contributed by atoms with Gasteiger partial charge in [0.1, 0.15) is 23.8 Å². The summed E-state index contributed by atoms with van der Waals surface area (Å²) < 4.78 is 10.4. The van der Waals surface area contributed by atoms with E-state index in [0.29, 0.717) is 11.3 Å². The minimum absolute atomic E-state index is 0.0187. The number of amides is 1. The molecule has 156 valence electrons. The van der Waals surface area contributed by atoms with Crippen molar-refractivity contribution in [1.82, 2.24) is 4.90 Å². The number of aliphatic hydroxyl groups is 2. The largest absolute Gasteiger partial charge is 0.508 e. The maximum absolute atomic E-state index is 12.7. The second-order valence-corrected chi connectivity index (χ2v) is 7.89. The van der Waals surface area contributed by atoms with Crippen LogP contribution in [0.15, 0.2) is 24.3 Å². The first kappa shape index (κ1) is 22.5. The van der Waals surface area contributed by atoms with Crippen LogP contribution < -0.4 is 0 Å². The molecule has 1 aromatic rings. The maximum Gasteiger partial charge on any atom is 0.329 e. The smallest absolute Gasteiger partial charge is 0.329 e. The van der Waals surface area contributed by atoms with Gasteiger partial charge in [-0.15, -0.1) is 11.8 Å². The number of rotatable bonds is 9. The number of carbonyl (C=O) groups excluding carboxylic acids is 2. The number of phenols is 1. The van der Waals surface area contributed by atoms with E-state index in [1.54, 1.807) is 25.1 Å². The molecule has 2 atom stereocenters. The minimum atomic E-state index is -1.10. The van der Waals surface area contributed by atoms with Crippen LogP contribution in [0.5, 0.6) is 5.75 Å². The lowest BCUT2D eigenvalue weighted by Crippen LogP contribution is -2.46. The Kier molecular flexibility index (Phi) is 8.11. The Morgan fingerprint density at radius 1 is 1.25 bits per heavy atom. The number of para-hydroxylation sites is 1. The van der Waals surface area contributed by atoms with Gasteiger partial charge in [0.25, 0.3) is 0 Å². The van der Waals surface area contributed by atoms with Crippen LogP contribution in [-0.4, -0.2) is 77.4 Å². The highest BCUT2D eigenvalue weighted by Crippen LogP contribution is 2.44. The molecule has 0 aromatic heterocycles. The number of methoxy groups -OCH3 is 1. The second-order valence-electron chi connectivity index (χ2n) is 6.77. The topological polar surface area (TPSA) is 117 Å². The lowest BCUT2D eigenvalue weighted by Gasteiger charge is -2.31. The zero-order valence-corrected chi connectivity index (χ0v) is 16.9. The van der Waals surface area contributed by atoms with Crippen molar-refractivity contribution in [3.8, 4) is 5.75 Å². The van der Waals surface area contributed by atoms with Crippen molar-refractivity contribution in [3.05, 3.63) is 29.8 Å². The Balaban J connectivity index is 2.18. The van der Waals surface area contributed by atoms with Crippen LogP contribution in [0, 0.1) is 5.41 Å². The van der Waals surface area contributed by atoms with Crippen LogP contribution in [0.2, 0.25) is 0 Å². The zero-order valence-electron chi connectivity index (χ0n) is 16.0. The number of carbonyl (C=O) groups is 2. The highest BCUT2D eigenvalue weighted by atomic mass is 32.2. The summed E-state index contributed by atoms with van der Waals surface area (Å²) in [6, 6.07) is 5.89.